The van der Waals surface area contributed by atoms with Gasteiger partial charge in [0.15, 0.2) is 0 Å². The average Bonchev–Trinajstić information content (AvgIpc) is 3.17. The highest BCUT2D eigenvalue weighted by Crippen LogP contribution is 2.20. The lowest BCUT2D eigenvalue weighted by Crippen LogP contribution is -2.11. The molecule has 1 heterocycles. The van der Waals surface area contributed by atoms with Crippen LogP contribution in [0.1, 0.15) is 10.4 Å². The summed E-state index contributed by atoms with van der Waals surface area (Å²) in [6.45, 7) is 0. The molecule has 0 aliphatic rings. The second-order valence-electron chi connectivity index (χ2n) is 6.79. The number of fused-ring (bicyclic) bond motifs is 1. The van der Waals surface area contributed by atoms with Gasteiger partial charge in [0.05, 0.1) is 12.8 Å². The van der Waals surface area contributed by atoms with Gasteiger partial charge in [-0.3, -0.25) is 4.79 Å². The van der Waals surface area contributed by atoms with E-state index in [1.54, 1.807) is 36.2 Å². The summed E-state index contributed by atoms with van der Waals surface area (Å²) < 4.78 is 5.17. The first-order valence-corrected chi connectivity index (χ1v) is 9.14. The molecule has 4 rings (SSSR count). The topological polar surface area (TPSA) is 72.3 Å². The number of aromatic nitrogens is 3. The highest BCUT2D eigenvalue weighted by Gasteiger charge is 2.10. The van der Waals surface area contributed by atoms with Crippen LogP contribution in [-0.4, -0.2) is 42.1 Å². The van der Waals surface area contributed by atoms with Crippen LogP contribution in [0.5, 0.6) is 5.75 Å². The van der Waals surface area contributed by atoms with Gasteiger partial charge in [0.2, 0.25) is 0 Å². The molecule has 0 saturated carbocycles. The maximum absolute atomic E-state index is 12.5. The van der Waals surface area contributed by atoms with Gasteiger partial charge in [0, 0.05) is 31.0 Å². The number of carbonyl (C=O) groups is 1. The first kappa shape index (κ1) is 18.5. The maximum Gasteiger partial charge on any atom is 0.255 e. The SMILES string of the molecule is COc1cccc(C(=O)Nc2ccc3nn(-c4ccc(N(C)C)cc4)nc3c2)c1. The number of carbonyl (C=O) groups excluding carboxylic acids is 1. The van der Waals surface area contributed by atoms with Gasteiger partial charge in [-0.05, 0) is 60.7 Å². The third-order valence-corrected chi connectivity index (χ3v) is 4.57. The largest absolute Gasteiger partial charge is 0.497 e. The van der Waals surface area contributed by atoms with Crippen molar-refractivity contribution in [3.63, 3.8) is 0 Å². The van der Waals surface area contributed by atoms with Gasteiger partial charge in [0.1, 0.15) is 16.8 Å². The Balaban J connectivity index is 1.57. The minimum Gasteiger partial charge on any atom is -0.497 e. The van der Waals surface area contributed by atoms with Crippen molar-refractivity contribution in [2.24, 2.45) is 0 Å². The van der Waals surface area contributed by atoms with E-state index in [4.69, 9.17) is 4.74 Å². The molecule has 3 aromatic carbocycles. The first-order chi connectivity index (χ1) is 14.0. The molecule has 0 saturated heterocycles. The van der Waals surface area contributed by atoms with E-state index in [1.807, 2.05) is 61.5 Å². The molecule has 0 aliphatic carbocycles. The second kappa shape index (κ2) is 7.63. The monoisotopic (exact) mass is 387 g/mol. The van der Waals surface area contributed by atoms with Gasteiger partial charge >= 0.3 is 0 Å². The van der Waals surface area contributed by atoms with Crippen LogP contribution in [0.25, 0.3) is 16.7 Å². The van der Waals surface area contributed by atoms with E-state index >= 15 is 0 Å². The fraction of sp³-hybridized carbons (Fsp3) is 0.136. The molecule has 0 aliphatic heterocycles. The molecule has 7 nitrogen and oxygen atoms in total. The third kappa shape index (κ3) is 3.89. The molecule has 7 heteroatoms. The van der Waals surface area contributed by atoms with Gasteiger partial charge in [0.25, 0.3) is 5.91 Å². The Hall–Kier alpha value is -3.87. The minimum absolute atomic E-state index is 0.213. The van der Waals surface area contributed by atoms with Crippen LogP contribution in [0.15, 0.2) is 66.7 Å². The molecule has 0 bridgehead atoms. The average molecular weight is 387 g/mol. The molecule has 146 valence electrons. The van der Waals surface area contributed by atoms with E-state index in [0.29, 0.717) is 22.5 Å². The fourth-order valence-electron chi connectivity index (χ4n) is 2.96. The molecule has 0 unspecified atom stereocenters. The highest BCUT2D eigenvalue weighted by molar-refractivity contribution is 6.05. The predicted molar refractivity (Wildman–Crippen MR) is 114 cm³/mol. The Morgan fingerprint density at radius 1 is 0.966 bits per heavy atom. The number of methoxy groups -OCH3 is 1. The molecule has 4 aromatic rings. The van der Waals surface area contributed by atoms with E-state index in [2.05, 4.69) is 15.5 Å². The van der Waals surface area contributed by atoms with Crippen LogP contribution in [0.3, 0.4) is 0 Å². The van der Waals surface area contributed by atoms with Gasteiger partial charge in [-0.1, -0.05) is 6.07 Å². The summed E-state index contributed by atoms with van der Waals surface area (Å²) in [7, 11) is 5.57. The van der Waals surface area contributed by atoms with E-state index in [1.165, 1.54) is 0 Å². The number of ether oxygens (including phenoxy) is 1. The molecule has 1 aromatic heterocycles. The molecule has 0 spiro atoms. The standard InChI is InChI=1S/C22H21N5O2/c1-26(2)17-8-10-18(11-9-17)27-24-20-12-7-16(14-21(20)25-27)23-22(28)15-5-4-6-19(13-15)29-3/h4-14H,1-3H3,(H,23,28). The highest BCUT2D eigenvalue weighted by atomic mass is 16.5. The van der Waals surface area contributed by atoms with Crippen molar-refractivity contribution in [3.05, 3.63) is 72.3 Å². The Kier molecular flexibility index (Phi) is 4.87. The molecule has 29 heavy (non-hydrogen) atoms. The number of nitrogens with zero attached hydrogens (tertiary/aromatic N) is 4. The lowest BCUT2D eigenvalue weighted by Gasteiger charge is -2.12. The number of benzene rings is 3. The fourth-order valence-corrected chi connectivity index (χ4v) is 2.96. The summed E-state index contributed by atoms with van der Waals surface area (Å²) in [6, 6.07) is 20.5. The molecule has 0 radical (unpaired) electrons. The zero-order valence-corrected chi connectivity index (χ0v) is 16.5. The van der Waals surface area contributed by atoms with Crippen LogP contribution in [0.4, 0.5) is 11.4 Å². The van der Waals surface area contributed by atoms with Crippen molar-refractivity contribution >= 4 is 28.3 Å². The third-order valence-electron chi connectivity index (χ3n) is 4.57. The molecule has 1 amide bonds. The van der Waals surface area contributed by atoms with Crippen molar-refractivity contribution in [1.29, 1.82) is 0 Å². The van der Waals surface area contributed by atoms with Crippen LogP contribution in [-0.2, 0) is 0 Å². The Labute approximate surface area is 168 Å². The lowest BCUT2D eigenvalue weighted by atomic mass is 10.2. The summed E-state index contributed by atoms with van der Waals surface area (Å²) in [5.74, 6) is 0.422. The number of nitrogens with one attached hydrogen (secondary N) is 1. The van der Waals surface area contributed by atoms with Crippen molar-refractivity contribution in [1.82, 2.24) is 15.0 Å². The van der Waals surface area contributed by atoms with E-state index in [0.717, 1.165) is 16.9 Å². The predicted octanol–water partition coefficient (Wildman–Crippen LogP) is 3.75. The second-order valence-corrected chi connectivity index (χ2v) is 6.79. The number of hydrogen-bond acceptors (Lipinski definition) is 5. The molecule has 0 fully saturated rings. The van der Waals surface area contributed by atoms with Gasteiger partial charge in [-0.25, -0.2) is 0 Å². The molecular weight excluding hydrogens is 366 g/mol. The Morgan fingerprint density at radius 3 is 2.45 bits per heavy atom. The van der Waals surface area contributed by atoms with Crippen LogP contribution >= 0.6 is 0 Å². The van der Waals surface area contributed by atoms with Gasteiger partial charge in [-0.2, -0.15) is 4.80 Å². The zero-order chi connectivity index (χ0) is 20.4. The van der Waals surface area contributed by atoms with E-state index in [-0.39, 0.29) is 5.91 Å². The molecule has 1 N–H and O–H groups in total. The number of anilines is 2. The Morgan fingerprint density at radius 2 is 1.72 bits per heavy atom. The quantitative estimate of drug-likeness (QED) is 0.565. The minimum atomic E-state index is -0.213. The van der Waals surface area contributed by atoms with Gasteiger partial charge < -0.3 is 15.0 Å². The van der Waals surface area contributed by atoms with E-state index < -0.39 is 0 Å². The zero-order valence-electron chi connectivity index (χ0n) is 16.5. The summed E-state index contributed by atoms with van der Waals surface area (Å²) in [5.41, 5.74) is 4.60. The lowest BCUT2D eigenvalue weighted by molar-refractivity contribution is 0.102. The molecular formula is C22H21N5O2. The summed E-state index contributed by atoms with van der Waals surface area (Å²) in [6.07, 6.45) is 0. The van der Waals surface area contributed by atoms with Crippen molar-refractivity contribution in [2.75, 3.05) is 31.4 Å². The van der Waals surface area contributed by atoms with Crippen molar-refractivity contribution in [2.45, 2.75) is 0 Å². The number of hydrogen-bond donors (Lipinski definition) is 1. The number of rotatable bonds is 5. The van der Waals surface area contributed by atoms with Crippen LogP contribution in [0.2, 0.25) is 0 Å². The van der Waals surface area contributed by atoms with Crippen molar-refractivity contribution in [3.8, 4) is 11.4 Å². The van der Waals surface area contributed by atoms with Crippen molar-refractivity contribution < 1.29 is 9.53 Å². The van der Waals surface area contributed by atoms with E-state index in [9.17, 15) is 4.79 Å². The summed E-state index contributed by atoms with van der Waals surface area (Å²) >= 11 is 0. The summed E-state index contributed by atoms with van der Waals surface area (Å²) in [5, 5.41) is 12.0. The maximum atomic E-state index is 12.5. The van der Waals surface area contributed by atoms with Gasteiger partial charge in [-0.15, -0.1) is 10.2 Å². The van der Waals surface area contributed by atoms with Crippen LogP contribution in [0, 0.1) is 0 Å². The first-order valence-electron chi connectivity index (χ1n) is 9.14. The van der Waals surface area contributed by atoms with Crippen LogP contribution < -0.4 is 15.0 Å². The smallest absolute Gasteiger partial charge is 0.255 e. The number of amides is 1. The Bertz CT molecular complexity index is 1170. The normalized spacial score (nSPS) is 10.7. The molecule has 0 atom stereocenters. The summed E-state index contributed by atoms with van der Waals surface area (Å²) in [4.78, 5) is 16.2.